The monoisotopic (exact) mass is 781 g/mol. The van der Waals surface area contributed by atoms with E-state index < -0.39 is 17.7 Å². The number of hydrogen-bond acceptors (Lipinski definition) is 11. The maximum absolute atomic E-state index is 12.8. The number of fused-ring (bicyclic) bond motifs is 1. The van der Waals surface area contributed by atoms with Crippen molar-refractivity contribution in [1.82, 2.24) is 15.2 Å². The van der Waals surface area contributed by atoms with Crippen LogP contribution in [0.25, 0.3) is 10.9 Å². The van der Waals surface area contributed by atoms with Gasteiger partial charge in [0.05, 0.1) is 46.2 Å². The molecule has 0 bridgehead atoms. The van der Waals surface area contributed by atoms with E-state index in [2.05, 4.69) is 22.2 Å². The molecule has 5 N–H and O–H groups in total. The fourth-order valence-corrected chi connectivity index (χ4v) is 9.06. The molecule has 0 radical (unpaired) electrons. The molecule has 14 heteroatoms. The average Bonchev–Trinajstić information content (AvgIpc) is 3.90. The topological polar surface area (TPSA) is 154 Å². The first-order chi connectivity index (χ1) is 25.6. The molecule has 6 rings (SSSR count). The highest BCUT2D eigenvalue weighted by Crippen LogP contribution is 2.42. The number of pyridine rings is 1. The van der Waals surface area contributed by atoms with Crippen molar-refractivity contribution >= 4 is 51.1 Å². The van der Waals surface area contributed by atoms with Gasteiger partial charge in [0.15, 0.2) is 0 Å². The molecule has 0 amide bonds. The van der Waals surface area contributed by atoms with E-state index in [1.54, 1.807) is 31.4 Å². The van der Waals surface area contributed by atoms with Gasteiger partial charge in [-0.2, -0.15) is 0 Å². The Balaban J connectivity index is 0.965. The predicted octanol–water partition coefficient (Wildman–Crippen LogP) is 6.90. The molecule has 53 heavy (non-hydrogen) atoms. The highest BCUT2D eigenvalue weighted by Gasteiger charge is 2.48. The largest absolute Gasteiger partial charge is 0.506 e. The van der Waals surface area contributed by atoms with Crippen molar-refractivity contribution in [2.24, 2.45) is 0 Å². The Labute approximate surface area is 320 Å². The van der Waals surface area contributed by atoms with Crippen molar-refractivity contribution in [1.29, 1.82) is 0 Å². The number of aliphatic hydroxyl groups is 1. The Morgan fingerprint density at radius 3 is 2.42 bits per heavy atom. The zero-order valence-corrected chi connectivity index (χ0v) is 31.9. The zero-order chi connectivity index (χ0) is 37.5. The number of thiophene rings is 2. The summed E-state index contributed by atoms with van der Waals surface area (Å²) in [5.41, 5.74) is -0.178. The van der Waals surface area contributed by atoms with Gasteiger partial charge in [0.1, 0.15) is 17.2 Å². The van der Waals surface area contributed by atoms with Crippen LogP contribution in [0.15, 0.2) is 76.2 Å². The van der Waals surface area contributed by atoms with Gasteiger partial charge in [-0.25, -0.2) is 4.79 Å². The van der Waals surface area contributed by atoms with Gasteiger partial charge in [-0.3, -0.25) is 4.79 Å². The third-order valence-corrected chi connectivity index (χ3v) is 12.1. The molecule has 1 atom stereocenters. The second kappa shape index (κ2) is 17.5. The van der Waals surface area contributed by atoms with Crippen LogP contribution in [0.2, 0.25) is 5.02 Å². The van der Waals surface area contributed by atoms with Gasteiger partial charge in [-0.15, -0.1) is 22.7 Å². The molecular weight excluding hydrogens is 738 g/mol. The molecule has 11 nitrogen and oxygen atoms in total. The average molecular weight is 782 g/mol. The first-order valence-electron chi connectivity index (χ1n) is 17.5. The minimum absolute atomic E-state index is 0.0638. The Bertz CT molecular complexity index is 2000. The molecule has 3 heterocycles. The van der Waals surface area contributed by atoms with Crippen LogP contribution in [0, 0.1) is 0 Å². The number of halogens is 1. The highest BCUT2D eigenvalue weighted by molar-refractivity contribution is 7.12. The summed E-state index contributed by atoms with van der Waals surface area (Å²) in [5.74, 6) is 0.0736. The Kier molecular flexibility index (Phi) is 12.8. The van der Waals surface area contributed by atoms with E-state index in [1.165, 1.54) is 34.8 Å². The first-order valence-corrected chi connectivity index (χ1v) is 19.7. The number of carbonyl (C=O) groups is 1. The summed E-state index contributed by atoms with van der Waals surface area (Å²) in [6, 6.07) is 17.4. The summed E-state index contributed by atoms with van der Waals surface area (Å²) in [7, 11) is 3.69. The van der Waals surface area contributed by atoms with Crippen LogP contribution < -0.4 is 20.3 Å². The summed E-state index contributed by atoms with van der Waals surface area (Å²) in [5, 5.41) is 39.6. The van der Waals surface area contributed by atoms with Crippen LogP contribution in [-0.2, 0) is 21.7 Å². The molecule has 0 spiro atoms. The van der Waals surface area contributed by atoms with E-state index in [-0.39, 0.29) is 29.5 Å². The minimum atomic E-state index is -1.49. The number of rotatable bonds is 17. The number of carboxylic acid groups (broad SMARTS) is 1. The highest BCUT2D eigenvalue weighted by atomic mass is 35.5. The fourth-order valence-electron chi connectivity index (χ4n) is 7.01. The number of hydrogen-bond donors (Lipinski definition) is 5. The predicted molar refractivity (Wildman–Crippen MR) is 208 cm³/mol. The van der Waals surface area contributed by atoms with Gasteiger partial charge in [-0.05, 0) is 85.8 Å². The van der Waals surface area contributed by atoms with Crippen LogP contribution in [0.1, 0.15) is 59.1 Å². The number of H-pyrrole nitrogens is 1. The van der Waals surface area contributed by atoms with Crippen molar-refractivity contribution in [2.75, 3.05) is 33.9 Å². The van der Waals surface area contributed by atoms with Crippen LogP contribution in [0.5, 0.6) is 17.2 Å². The van der Waals surface area contributed by atoms with Crippen LogP contribution in [0.3, 0.4) is 0 Å². The van der Waals surface area contributed by atoms with Crippen LogP contribution in [0.4, 0.5) is 0 Å². The summed E-state index contributed by atoms with van der Waals surface area (Å²) in [6.45, 7) is 1.85. The molecule has 5 aromatic rings. The second-order valence-electron chi connectivity index (χ2n) is 13.2. The lowest BCUT2D eigenvalue weighted by Gasteiger charge is -2.38. The molecule has 0 saturated heterocycles. The number of nitrogens with zero attached hydrogens (tertiary/aromatic N) is 1. The van der Waals surface area contributed by atoms with E-state index in [4.69, 9.17) is 25.8 Å². The number of aliphatic carboxylic acids is 1. The van der Waals surface area contributed by atoms with Crippen molar-refractivity contribution in [2.45, 2.75) is 62.5 Å². The number of ether oxygens (including phenoxy) is 3. The smallest absolute Gasteiger partial charge is 0.347 e. The molecule has 0 aliphatic heterocycles. The number of carboxylic acids is 1. The normalized spacial score (nSPS) is 16.9. The number of phenolic OH excluding ortho intramolecular Hbond substituents is 1. The molecule has 1 saturated carbocycles. The van der Waals surface area contributed by atoms with Crippen molar-refractivity contribution in [3.05, 3.63) is 108 Å². The second-order valence-corrected chi connectivity index (χ2v) is 15.5. The summed E-state index contributed by atoms with van der Waals surface area (Å²) in [6.07, 6.45) is 3.11. The number of aromatic amines is 1. The van der Waals surface area contributed by atoms with E-state index in [0.29, 0.717) is 56.4 Å². The molecule has 282 valence electrons. The van der Waals surface area contributed by atoms with Gasteiger partial charge >= 0.3 is 5.97 Å². The van der Waals surface area contributed by atoms with Crippen molar-refractivity contribution in [3.63, 3.8) is 0 Å². The molecule has 1 aliphatic carbocycles. The van der Waals surface area contributed by atoms with Crippen LogP contribution in [-0.4, -0.2) is 77.2 Å². The lowest BCUT2D eigenvalue weighted by atomic mass is 9.90. The lowest BCUT2D eigenvalue weighted by molar-refractivity contribution is -0.170. The standard InChI is InChI=1S/C39H44ClN3O8S2/c1-43(25-8-10-26(11-9-25)51-39(38(47)48,34-6-3-18-52-34)35-7-4-19-53-35)16-5-17-50-33-21-32(49-2)24(20-29(33)40)22-41-23-31(45)27-12-14-30(44)37-28(27)13-15-36(46)42-37/h3-4,6-7,12-15,18-21,25-26,31,41,44-45H,5,8-11,16-17,22-23H2,1-2H3,(H,42,46)(H,47,48)/t25?,26?,31-/m0/s1. The van der Waals surface area contributed by atoms with E-state index in [9.17, 15) is 24.9 Å². The number of benzene rings is 2. The lowest BCUT2D eigenvalue weighted by Crippen LogP contribution is -2.44. The zero-order valence-electron chi connectivity index (χ0n) is 29.5. The fraction of sp³-hybridized carbons (Fsp3) is 0.385. The summed E-state index contributed by atoms with van der Waals surface area (Å²) in [4.78, 5) is 30.8. The third kappa shape index (κ3) is 8.73. The van der Waals surface area contributed by atoms with Gasteiger partial charge in [0.2, 0.25) is 11.2 Å². The quantitative estimate of drug-likeness (QED) is 0.0630. The molecule has 1 aliphatic rings. The molecule has 3 aromatic heterocycles. The van der Waals surface area contributed by atoms with E-state index in [0.717, 1.165) is 44.2 Å². The Morgan fingerprint density at radius 1 is 1.06 bits per heavy atom. The number of aromatic hydroxyl groups is 1. The maximum atomic E-state index is 12.8. The van der Waals surface area contributed by atoms with Crippen LogP contribution >= 0.6 is 34.3 Å². The Hall–Kier alpha value is -3.95. The maximum Gasteiger partial charge on any atom is 0.347 e. The number of aliphatic hydroxyl groups excluding tert-OH is 1. The molecular formula is C39H44ClN3O8S2. The number of nitrogens with one attached hydrogen (secondary N) is 2. The first kappa shape index (κ1) is 38.8. The number of phenols is 1. The third-order valence-electron chi connectivity index (χ3n) is 9.81. The Morgan fingerprint density at radius 2 is 1.77 bits per heavy atom. The summed E-state index contributed by atoms with van der Waals surface area (Å²) < 4.78 is 18.3. The number of aromatic nitrogens is 1. The molecule has 0 unspecified atom stereocenters. The van der Waals surface area contributed by atoms with E-state index in [1.807, 2.05) is 35.0 Å². The number of methoxy groups -OCH3 is 1. The minimum Gasteiger partial charge on any atom is -0.506 e. The summed E-state index contributed by atoms with van der Waals surface area (Å²) >= 11 is 9.44. The van der Waals surface area contributed by atoms with Gasteiger partial charge < -0.3 is 44.7 Å². The van der Waals surface area contributed by atoms with Gasteiger partial charge in [0, 0.05) is 48.8 Å². The van der Waals surface area contributed by atoms with Crippen molar-refractivity contribution < 1.29 is 34.3 Å². The molecule has 1 fully saturated rings. The van der Waals surface area contributed by atoms with Gasteiger partial charge in [0.25, 0.3) is 0 Å². The van der Waals surface area contributed by atoms with Gasteiger partial charge in [-0.1, -0.05) is 29.8 Å². The SMILES string of the molecule is COc1cc(OCCCN(C)C2CCC(OC(C(=O)O)(c3cccs3)c3cccs3)CC2)c(Cl)cc1CNC[C@H](O)c1ccc(O)c2[nH]c(=O)ccc12. The van der Waals surface area contributed by atoms with Crippen molar-refractivity contribution in [3.8, 4) is 17.2 Å². The molecule has 2 aromatic carbocycles. The van der Waals surface area contributed by atoms with E-state index >= 15 is 0 Å².